The van der Waals surface area contributed by atoms with Crippen molar-refractivity contribution in [3.63, 3.8) is 0 Å². The molecule has 2 rings (SSSR count). The Morgan fingerprint density at radius 3 is 2.65 bits per heavy atom. The van der Waals surface area contributed by atoms with Gasteiger partial charge in [0.2, 0.25) is 16.0 Å². The van der Waals surface area contributed by atoms with Gasteiger partial charge in [-0.2, -0.15) is 4.39 Å². The lowest BCUT2D eigenvalue weighted by Crippen LogP contribution is -2.15. The van der Waals surface area contributed by atoms with Gasteiger partial charge in [0.1, 0.15) is 0 Å². The smallest absolute Gasteiger partial charge is 0.255 e. The van der Waals surface area contributed by atoms with Crippen LogP contribution in [0.2, 0.25) is 0 Å². The number of nitrogens with zero attached hydrogens (tertiary/aromatic N) is 1. The first-order valence-electron chi connectivity index (χ1n) is 5.42. The average molecular weight is 295 g/mol. The number of nitrogens with one attached hydrogen (secondary N) is 1. The number of rotatable bonds is 3. The number of benzene rings is 1. The van der Waals surface area contributed by atoms with Crippen LogP contribution in [0, 0.1) is 5.95 Å². The Morgan fingerprint density at radius 2 is 2.00 bits per heavy atom. The third kappa shape index (κ3) is 3.37. The zero-order valence-electron chi connectivity index (χ0n) is 10.1. The molecule has 0 saturated heterocycles. The number of pyridine rings is 1. The minimum atomic E-state index is -3.85. The topological polar surface area (TPSA) is 102 Å². The zero-order chi connectivity index (χ0) is 14.8. The van der Waals surface area contributed by atoms with Crippen LogP contribution in [0.25, 0.3) is 0 Å². The van der Waals surface area contributed by atoms with Gasteiger partial charge >= 0.3 is 0 Å². The van der Waals surface area contributed by atoms with Gasteiger partial charge in [-0.15, -0.1) is 0 Å². The highest BCUT2D eigenvalue weighted by Gasteiger charge is 2.11. The Hall–Kier alpha value is -2.32. The van der Waals surface area contributed by atoms with Crippen LogP contribution in [0.1, 0.15) is 10.4 Å². The van der Waals surface area contributed by atoms with E-state index in [0.29, 0.717) is 0 Å². The normalized spacial score (nSPS) is 11.1. The van der Waals surface area contributed by atoms with Gasteiger partial charge in [-0.3, -0.25) is 4.79 Å². The van der Waals surface area contributed by atoms with Crippen molar-refractivity contribution in [3.05, 3.63) is 54.1 Å². The number of primary sulfonamides is 1. The molecule has 0 fully saturated rings. The third-order valence-electron chi connectivity index (χ3n) is 2.41. The molecule has 0 saturated carbocycles. The van der Waals surface area contributed by atoms with Crippen molar-refractivity contribution in [2.24, 2.45) is 5.14 Å². The van der Waals surface area contributed by atoms with E-state index in [-0.39, 0.29) is 16.1 Å². The number of hydrogen-bond acceptors (Lipinski definition) is 4. The van der Waals surface area contributed by atoms with Crippen LogP contribution >= 0.6 is 0 Å². The summed E-state index contributed by atoms with van der Waals surface area (Å²) >= 11 is 0. The van der Waals surface area contributed by atoms with Gasteiger partial charge in [-0.05, 0) is 24.3 Å². The summed E-state index contributed by atoms with van der Waals surface area (Å²) in [5, 5.41) is 7.43. The number of amides is 1. The molecule has 1 heterocycles. The van der Waals surface area contributed by atoms with Crippen molar-refractivity contribution < 1.29 is 17.6 Å². The zero-order valence-corrected chi connectivity index (χ0v) is 10.9. The molecule has 1 aromatic heterocycles. The van der Waals surface area contributed by atoms with Crippen molar-refractivity contribution in [1.82, 2.24) is 4.98 Å². The Labute approximate surface area is 114 Å². The fraction of sp³-hybridized carbons (Fsp3) is 0. The standard InChI is InChI=1S/C12H10FN3O3S/c13-11-6-8(4-5-15-11)12(17)16-9-2-1-3-10(7-9)20(14,18)19/h1-7H,(H,16,17)(H2,14,18,19). The minimum absolute atomic E-state index is 0.0681. The summed E-state index contributed by atoms with van der Waals surface area (Å²) in [7, 11) is -3.85. The van der Waals surface area contributed by atoms with Crippen molar-refractivity contribution in [2.45, 2.75) is 4.90 Å². The summed E-state index contributed by atoms with van der Waals surface area (Å²) in [4.78, 5) is 15.0. The van der Waals surface area contributed by atoms with Crippen LogP contribution in [-0.4, -0.2) is 19.3 Å². The van der Waals surface area contributed by atoms with E-state index in [1.165, 1.54) is 30.3 Å². The van der Waals surface area contributed by atoms with Crippen LogP contribution in [0.5, 0.6) is 0 Å². The predicted molar refractivity (Wildman–Crippen MR) is 70.0 cm³/mol. The molecule has 20 heavy (non-hydrogen) atoms. The maximum Gasteiger partial charge on any atom is 0.255 e. The molecular weight excluding hydrogens is 285 g/mol. The molecule has 0 radical (unpaired) electrons. The molecule has 8 heteroatoms. The SMILES string of the molecule is NS(=O)(=O)c1cccc(NC(=O)c2ccnc(F)c2)c1. The molecule has 0 spiro atoms. The van der Waals surface area contributed by atoms with Gasteiger partial charge in [0, 0.05) is 23.5 Å². The second kappa shape index (κ2) is 5.35. The van der Waals surface area contributed by atoms with Crippen LogP contribution in [0.4, 0.5) is 10.1 Å². The molecule has 0 aliphatic rings. The van der Waals surface area contributed by atoms with Crippen LogP contribution in [0.15, 0.2) is 47.5 Å². The Balaban J connectivity index is 2.25. The largest absolute Gasteiger partial charge is 0.322 e. The average Bonchev–Trinajstić information content (AvgIpc) is 2.38. The predicted octanol–water partition coefficient (Wildman–Crippen LogP) is 1.12. The highest BCUT2D eigenvalue weighted by molar-refractivity contribution is 7.89. The molecule has 3 N–H and O–H groups in total. The molecule has 2 aromatic rings. The van der Waals surface area contributed by atoms with Crippen LogP contribution < -0.4 is 10.5 Å². The number of hydrogen-bond donors (Lipinski definition) is 2. The highest BCUT2D eigenvalue weighted by atomic mass is 32.2. The van der Waals surface area contributed by atoms with E-state index in [9.17, 15) is 17.6 Å². The summed E-state index contributed by atoms with van der Waals surface area (Å²) in [5.41, 5.74) is 0.303. The van der Waals surface area contributed by atoms with Gasteiger partial charge in [0.15, 0.2) is 0 Å². The van der Waals surface area contributed by atoms with E-state index < -0.39 is 21.9 Å². The monoisotopic (exact) mass is 295 g/mol. The molecule has 1 aromatic carbocycles. The number of halogens is 1. The lowest BCUT2D eigenvalue weighted by Gasteiger charge is -2.06. The van der Waals surface area contributed by atoms with Gasteiger partial charge < -0.3 is 5.32 Å². The fourth-order valence-electron chi connectivity index (χ4n) is 1.50. The first-order valence-corrected chi connectivity index (χ1v) is 6.97. The van der Waals surface area contributed by atoms with Gasteiger partial charge in [-0.1, -0.05) is 6.07 Å². The van der Waals surface area contributed by atoms with E-state index in [4.69, 9.17) is 5.14 Å². The summed E-state index contributed by atoms with van der Waals surface area (Å²) in [5.74, 6) is -1.37. The van der Waals surface area contributed by atoms with E-state index in [1.807, 2.05) is 0 Å². The molecule has 104 valence electrons. The van der Waals surface area contributed by atoms with E-state index >= 15 is 0 Å². The lowest BCUT2D eigenvalue weighted by molar-refractivity contribution is 0.102. The molecule has 0 bridgehead atoms. The summed E-state index contributed by atoms with van der Waals surface area (Å²) < 4.78 is 35.3. The van der Waals surface area contributed by atoms with Gasteiger partial charge in [-0.25, -0.2) is 18.5 Å². The number of sulfonamides is 1. The van der Waals surface area contributed by atoms with Crippen molar-refractivity contribution in [2.75, 3.05) is 5.32 Å². The summed E-state index contributed by atoms with van der Waals surface area (Å²) in [6.45, 7) is 0. The fourth-order valence-corrected chi connectivity index (χ4v) is 2.06. The lowest BCUT2D eigenvalue weighted by atomic mass is 10.2. The van der Waals surface area contributed by atoms with Gasteiger partial charge in [0.05, 0.1) is 4.90 Å². The van der Waals surface area contributed by atoms with Crippen molar-refractivity contribution in [3.8, 4) is 0 Å². The van der Waals surface area contributed by atoms with E-state index in [0.717, 1.165) is 12.3 Å². The van der Waals surface area contributed by atoms with E-state index in [2.05, 4.69) is 10.3 Å². The number of nitrogens with two attached hydrogens (primary N) is 1. The number of carbonyl (C=O) groups excluding carboxylic acids is 1. The molecule has 1 amide bonds. The Morgan fingerprint density at radius 1 is 1.25 bits per heavy atom. The maximum atomic E-state index is 12.9. The Kier molecular flexibility index (Phi) is 3.77. The molecule has 0 aliphatic carbocycles. The second-order valence-corrected chi connectivity index (χ2v) is 5.46. The minimum Gasteiger partial charge on any atom is -0.322 e. The molecule has 0 atom stereocenters. The molecule has 0 aliphatic heterocycles. The highest BCUT2D eigenvalue weighted by Crippen LogP contribution is 2.15. The third-order valence-corrected chi connectivity index (χ3v) is 3.32. The van der Waals surface area contributed by atoms with Crippen molar-refractivity contribution >= 4 is 21.6 Å². The maximum absolute atomic E-state index is 12.9. The van der Waals surface area contributed by atoms with Crippen LogP contribution in [0.3, 0.4) is 0 Å². The first-order chi connectivity index (χ1) is 9.36. The summed E-state index contributed by atoms with van der Waals surface area (Å²) in [6.07, 6.45) is 1.16. The molecular formula is C12H10FN3O3S. The summed E-state index contributed by atoms with van der Waals surface area (Å²) in [6, 6.07) is 7.75. The second-order valence-electron chi connectivity index (χ2n) is 3.89. The quantitative estimate of drug-likeness (QED) is 0.828. The van der Waals surface area contributed by atoms with E-state index in [1.54, 1.807) is 0 Å². The number of anilines is 1. The number of carbonyl (C=O) groups is 1. The van der Waals surface area contributed by atoms with Crippen molar-refractivity contribution in [1.29, 1.82) is 0 Å². The van der Waals surface area contributed by atoms with Gasteiger partial charge in [0.25, 0.3) is 5.91 Å². The molecule has 6 nitrogen and oxygen atoms in total. The first kappa shape index (κ1) is 14.1. The molecule has 0 unspecified atom stereocenters. The Bertz CT molecular complexity index is 762. The van der Waals surface area contributed by atoms with Crippen LogP contribution in [-0.2, 0) is 10.0 Å². The number of aromatic nitrogens is 1.